The van der Waals surface area contributed by atoms with Crippen molar-refractivity contribution in [1.82, 2.24) is 0 Å². The van der Waals surface area contributed by atoms with Crippen molar-refractivity contribution in [3.63, 3.8) is 0 Å². The summed E-state index contributed by atoms with van der Waals surface area (Å²) in [5.41, 5.74) is -3.76. The standard InChI is InChI=1S/C55H52F34N2O13/c1-29(2)37(92)102-21-13-9-7-5-3-4-6-8-12-18-99-34-26-31(39(94)104-23-22-103-38(93)30-24-32(90(95)96)28-33(25-30)91(97)98)27-35(100-19-14-10-16-40(56,57)42(60,61)44(64,65)46(68,69)48(72,73)50(76,77)52(80,81)54(84,85)86)36(34)101-20-15-11-17-41(58,59)43(62,63)45(66,67)47(70,71)49(74,75)51(78,79)53(82,83)55(87,88)89/h24-28H,1,3-23H2,2H3. The molecule has 0 fully saturated rings. The average Bonchev–Trinajstić information content (AvgIpc) is 0.702. The summed E-state index contributed by atoms with van der Waals surface area (Å²) in [6.07, 6.45) is -25.1. The van der Waals surface area contributed by atoms with E-state index in [9.17, 15) is 184 Å². The van der Waals surface area contributed by atoms with Crippen LogP contribution in [0.5, 0.6) is 17.2 Å². The van der Waals surface area contributed by atoms with Crippen LogP contribution in [0, 0.1) is 20.2 Å². The molecule has 0 N–H and O–H groups in total. The summed E-state index contributed by atoms with van der Waals surface area (Å²) in [5.74, 6) is -125. The van der Waals surface area contributed by atoms with Crippen LogP contribution in [0.1, 0.15) is 124 Å². The maximum atomic E-state index is 14.8. The van der Waals surface area contributed by atoms with E-state index in [-0.39, 0.29) is 25.0 Å². The summed E-state index contributed by atoms with van der Waals surface area (Å²) >= 11 is 0. The molecule has 0 aliphatic rings. The van der Waals surface area contributed by atoms with Gasteiger partial charge in [-0.1, -0.05) is 51.5 Å². The summed E-state index contributed by atoms with van der Waals surface area (Å²) in [7, 11) is 0. The number of non-ortho nitro benzene ring substituents is 2. The predicted octanol–water partition coefficient (Wildman–Crippen LogP) is 19.6. The molecule has 104 heavy (non-hydrogen) atoms. The third-order valence-electron chi connectivity index (χ3n) is 14.3. The summed E-state index contributed by atoms with van der Waals surface area (Å²) in [4.78, 5) is 57.8. The zero-order valence-corrected chi connectivity index (χ0v) is 52.0. The third kappa shape index (κ3) is 19.1. The number of nitrogens with zero attached hydrogens (tertiary/aromatic N) is 2. The first-order valence-electron chi connectivity index (χ1n) is 28.9. The molecule has 0 atom stereocenters. The van der Waals surface area contributed by atoms with E-state index in [1.165, 1.54) is 6.92 Å². The molecule has 0 saturated heterocycles. The van der Waals surface area contributed by atoms with Crippen molar-refractivity contribution >= 4 is 29.3 Å². The van der Waals surface area contributed by atoms with Crippen LogP contribution in [-0.2, 0) is 19.0 Å². The Morgan fingerprint density at radius 1 is 0.337 bits per heavy atom. The highest BCUT2D eigenvalue weighted by Gasteiger charge is 2.97. The lowest BCUT2D eigenvalue weighted by Crippen LogP contribution is -2.74. The molecule has 0 heterocycles. The van der Waals surface area contributed by atoms with Crippen LogP contribution in [0.4, 0.5) is 161 Å². The molecule has 0 bridgehead atoms. The Bertz CT molecular complexity index is 3250. The minimum Gasteiger partial charge on any atom is -0.490 e. The Balaban J connectivity index is 2.67. The Hall–Kier alpha value is -7.59. The van der Waals surface area contributed by atoms with E-state index < -0.39 is 234 Å². The van der Waals surface area contributed by atoms with E-state index in [0.29, 0.717) is 75.3 Å². The van der Waals surface area contributed by atoms with Gasteiger partial charge < -0.3 is 28.4 Å². The second-order valence-electron chi connectivity index (χ2n) is 22.2. The first-order chi connectivity index (χ1) is 46.8. The molecular formula is C55H52F34N2O13. The normalized spacial score (nSPS) is 14.1. The van der Waals surface area contributed by atoms with Gasteiger partial charge in [0.25, 0.3) is 11.4 Å². The van der Waals surface area contributed by atoms with E-state index in [0.717, 1.165) is 0 Å². The van der Waals surface area contributed by atoms with Crippen molar-refractivity contribution in [2.45, 2.75) is 199 Å². The van der Waals surface area contributed by atoms with Crippen molar-refractivity contribution < 1.29 is 202 Å². The second kappa shape index (κ2) is 33.5. The van der Waals surface area contributed by atoms with Gasteiger partial charge in [0.2, 0.25) is 5.75 Å². The Morgan fingerprint density at radius 2 is 0.596 bits per heavy atom. The molecule has 0 radical (unpaired) electrons. The molecule has 15 nitrogen and oxygen atoms in total. The van der Waals surface area contributed by atoms with E-state index >= 15 is 0 Å². The lowest BCUT2D eigenvalue weighted by Gasteiger charge is -2.42. The maximum Gasteiger partial charge on any atom is 0.460 e. The molecule has 0 unspecified atom stereocenters. The smallest absolute Gasteiger partial charge is 0.460 e. The van der Waals surface area contributed by atoms with E-state index in [1.54, 1.807) is 0 Å². The van der Waals surface area contributed by atoms with Gasteiger partial charge in [-0.25, -0.2) is 14.4 Å². The van der Waals surface area contributed by atoms with Crippen molar-refractivity contribution in [2.24, 2.45) is 0 Å². The van der Waals surface area contributed by atoms with E-state index in [2.05, 4.69) is 6.58 Å². The fraction of sp³-hybridized carbons (Fsp3) is 0.691. The van der Waals surface area contributed by atoms with Crippen LogP contribution in [0.2, 0.25) is 0 Å². The fourth-order valence-electron chi connectivity index (χ4n) is 8.28. The van der Waals surface area contributed by atoms with Crippen LogP contribution in [0.3, 0.4) is 0 Å². The van der Waals surface area contributed by atoms with Gasteiger partial charge >= 0.3 is 113 Å². The van der Waals surface area contributed by atoms with Crippen molar-refractivity contribution in [1.29, 1.82) is 0 Å². The quantitative estimate of drug-likeness (QED) is 0.0116. The zero-order chi connectivity index (χ0) is 81.1. The van der Waals surface area contributed by atoms with Gasteiger partial charge in [-0.15, -0.1) is 0 Å². The average molecular weight is 1590 g/mol. The summed E-state index contributed by atoms with van der Waals surface area (Å²) in [6, 6.07) is 2.19. The minimum absolute atomic E-state index is 0.0771. The Labute approximate surface area is 560 Å². The van der Waals surface area contributed by atoms with Crippen LogP contribution in [0.25, 0.3) is 0 Å². The van der Waals surface area contributed by atoms with Crippen LogP contribution in [-0.4, -0.2) is 163 Å². The SMILES string of the molecule is C=C(C)C(=O)OCCCCCCCCCCCOc1cc(C(=O)OCCOC(=O)c2cc([N+](=O)[O-])cc([N+](=O)[O-])c2)cc(OCCCCC(F)(F)C(F)(F)C(F)(F)C(F)(F)C(F)(F)C(F)(F)C(F)(F)C(F)(F)F)c1OCCCCC(F)(F)C(F)(F)C(F)(F)C(F)(F)C(F)(F)C(F)(F)C(F)(F)C(F)(F)F. The first-order valence-corrected chi connectivity index (χ1v) is 28.9. The van der Waals surface area contributed by atoms with Crippen LogP contribution < -0.4 is 14.2 Å². The molecule has 0 amide bonds. The number of carbonyl (C=O) groups is 3. The molecule has 2 aromatic carbocycles. The first kappa shape index (κ1) is 92.5. The van der Waals surface area contributed by atoms with Gasteiger partial charge in [0.05, 0.1) is 53.5 Å². The Kier molecular flexibility index (Phi) is 29.8. The zero-order valence-electron chi connectivity index (χ0n) is 52.0. The number of carbonyl (C=O) groups excluding carboxylic acids is 3. The topological polar surface area (TPSA) is 193 Å². The van der Waals surface area contributed by atoms with Gasteiger partial charge in [0, 0.05) is 30.5 Å². The van der Waals surface area contributed by atoms with Crippen molar-refractivity contribution in [2.75, 3.05) is 39.6 Å². The van der Waals surface area contributed by atoms with Crippen molar-refractivity contribution in [3.8, 4) is 17.2 Å². The molecule has 0 spiro atoms. The number of rotatable bonds is 45. The molecular weight excluding hydrogens is 1540 g/mol. The number of alkyl halides is 34. The Morgan fingerprint density at radius 3 is 0.894 bits per heavy atom. The maximum absolute atomic E-state index is 14.8. The molecule has 2 aromatic rings. The summed E-state index contributed by atoms with van der Waals surface area (Å²) < 4.78 is 504. The molecule has 0 saturated carbocycles. The van der Waals surface area contributed by atoms with Gasteiger partial charge in [-0.3, -0.25) is 20.2 Å². The number of halogens is 34. The largest absolute Gasteiger partial charge is 0.490 e. The lowest BCUT2D eigenvalue weighted by molar-refractivity contribution is -0.461. The van der Waals surface area contributed by atoms with E-state index in [4.69, 9.17) is 28.4 Å². The molecule has 2 rings (SSSR count). The molecule has 598 valence electrons. The number of nitro benzene ring substituents is 2. The van der Waals surface area contributed by atoms with Crippen molar-refractivity contribution in [3.05, 3.63) is 73.8 Å². The van der Waals surface area contributed by atoms with Crippen LogP contribution in [0.15, 0.2) is 42.5 Å². The monoisotopic (exact) mass is 1590 g/mol. The van der Waals surface area contributed by atoms with Gasteiger partial charge in [0.15, 0.2) is 11.5 Å². The number of hydrogen-bond donors (Lipinski definition) is 0. The van der Waals surface area contributed by atoms with Crippen LogP contribution >= 0.6 is 0 Å². The number of hydrogen-bond acceptors (Lipinski definition) is 13. The van der Waals surface area contributed by atoms with Gasteiger partial charge in [-0.05, 0) is 57.6 Å². The lowest BCUT2D eigenvalue weighted by atomic mass is 9.88. The molecule has 49 heteroatoms. The highest BCUT2D eigenvalue weighted by Crippen LogP contribution is 2.66. The number of unbranched alkanes of at least 4 members (excludes halogenated alkanes) is 10. The number of esters is 3. The summed E-state index contributed by atoms with van der Waals surface area (Å²) in [5, 5.41) is 22.5. The number of ether oxygens (including phenoxy) is 6. The van der Waals surface area contributed by atoms with E-state index in [1.807, 2.05) is 0 Å². The molecule has 0 aliphatic carbocycles. The highest BCUT2D eigenvalue weighted by molar-refractivity contribution is 5.92. The number of nitro groups is 2. The summed E-state index contributed by atoms with van der Waals surface area (Å²) in [6.45, 7) is -0.911. The molecule has 0 aliphatic heterocycles. The van der Waals surface area contributed by atoms with Gasteiger partial charge in [0.1, 0.15) is 13.2 Å². The predicted molar refractivity (Wildman–Crippen MR) is 280 cm³/mol. The highest BCUT2D eigenvalue weighted by atomic mass is 19.4. The fourth-order valence-corrected chi connectivity index (χ4v) is 8.28. The molecule has 0 aromatic heterocycles. The second-order valence-corrected chi connectivity index (χ2v) is 22.2. The van der Waals surface area contributed by atoms with Gasteiger partial charge in [-0.2, -0.15) is 149 Å². The number of benzene rings is 2. The third-order valence-corrected chi connectivity index (χ3v) is 14.3. The minimum atomic E-state index is -8.99.